The smallest absolute Gasteiger partial charge is 0.0254 e. The zero-order valence-electron chi connectivity index (χ0n) is 25.4. The van der Waals surface area contributed by atoms with Crippen LogP contribution in [0, 0.1) is 0 Å². The van der Waals surface area contributed by atoms with Crippen molar-refractivity contribution in [1.29, 1.82) is 0 Å². The molecule has 0 atom stereocenters. The topological polar surface area (TPSA) is 0 Å². The first-order chi connectivity index (χ1) is 22.2. The minimum atomic E-state index is 1.03. The van der Waals surface area contributed by atoms with Crippen molar-refractivity contribution in [2.75, 3.05) is 0 Å². The predicted octanol–water partition coefficient (Wildman–Crippen LogP) is 13.2. The van der Waals surface area contributed by atoms with Crippen LogP contribution in [-0.4, -0.2) is 0 Å². The molecule has 0 N–H and O–H groups in total. The van der Waals surface area contributed by atoms with Crippen molar-refractivity contribution < 1.29 is 0 Å². The van der Waals surface area contributed by atoms with Crippen LogP contribution in [-0.2, 0) is 12.8 Å². The maximum atomic E-state index is 3.91. The van der Waals surface area contributed by atoms with Gasteiger partial charge in [-0.25, -0.2) is 0 Å². The third kappa shape index (κ3) is 3.77. The number of rotatable bonds is 4. The highest BCUT2D eigenvalue weighted by atomic mass is 79.9. The summed E-state index contributed by atoms with van der Waals surface area (Å²) in [6.45, 7) is 4.46. The summed E-state index contributed by atoms with van der Waals surface area (Å²) in [5.41, 5.74) is 13.3. The zero-order chi connectivity index (χ0) is 30.2. The summed E-state index contributed by atoms with van der Waals surface area (Å²) in [6.07, 6.45) is 2.05. The van der Waals surface area contributed by atoms with Crippen LogP contribution < -0.4 is 0 Å². The maximum absolute atomic E-state index is 3.91. The van der Waals surface area contributed by atoms with E-state index < -0.39 is 0 Å². The van der Waals surface area contributed by atoms with Crippen molar-refractivity contribution >= 4 is 59.0 Å². The first-order valence-electron chi connectivity index (χ1n) is 16.0. The average molecular weight is 640 g/mol. The number of hydrogen-bond acceptors (Lipinski definition) is 0. The summed E-state index contributed by atoms with van der Waals surface area (Å²) in [6, 6.07) is 48.1. The Bertz CT molecular complexity index is 2340. The van der Waals surface area contributed by atoms with E-state index in [1.165, 1.54) is 98.7 Å². The summed E-state index contributed by atoms with van der Waals surface area (Å²) in [5.74, 6) is 0. The lowest BCUT2D eigenvalue weighted by Crippen LogP contribution is -1.96. The van der Waals surface area contributed by atoms with Crippen molar-refractivity contribution in [3.8, 4) is 44.5 Å². The normalized spacial score (nSPS) is 12.1. The van der Waals surface area contributed by atoms with Crippen LogP contribution in [0.3, 0.4) is 0 Å². The molecular weight excluding hydrogens is 608 g/mol. The summed E-state index contributed by atoms with van der Waals surface area (Å²) >= 11 is 3.91. The van der Waals surface area contributed by atoms with Crippen LogP contribution in [0.2, 0.25) is 0 Å². The van der Waals surface area contributed by atoms with Crippen LogP contribution >= 0.6 is 15.9 Å². The Morgan fingerprint density at radius 1 is 0.378 bits per heavy atom. The lowest BCUT2D eigenvalue weighted by atomic mass is 9.79. The van der Waals surface area contributed by atoms with Crippen molar-refractivity contribution in [2.24, 2.45) is 0 Å². The van der Waals surface area contributed by atoms with Gasteiger partial charge in [0.1, 0.15) is 0 Å². The fourth-order valence-electron chi connectivity index (χ4n) is 7.88. The third-order valence-corrected chi connectivity index (χ3v) is 10.7. The second-order valence-electron chi connectivity index (χ2n) is 12.3. The van der Waals surface area contributed by atoms with E-state index in [1.807, 2.05) is 0 Å². The molecule has 0 fully saturated rings. The van der Waals surface area contributed by atoms with E-state index in [-0.39, 0.29) is 0 Å². The van der Waals surface area contributed by atoms with E-state index in [1.54, 1.807) is 0 Å². The Morgan fingerprint density at radius 2 is 0.822 bits per heavy atom. The molecular formula is C44H31Br. The van der Waals surface area contributed by atoms with Gasteiger partial charge in [-0.3, -0.25) is 0 Å². The highest BCUT2D eigenvalue weighted by Crippen LogP contribution is 2.60. The van der Waals surface area contributed by atoms with Gasteiger partial charge in [0.25, 0.3) is 0 Å². The van der Waals surface area contributed by atoms with Gasteiger partial charge in [0.2, 0.25) is 0 Å². The molecule has 0 unspecified atom stereocenters. The summed E-state index contributed by atoms with van der Waals surface area (Å²) in [5, 5.41) is 10.5. The Hall–Kier alpha value is -4.72. The van der Waals surface area contributed by atoms with Crippen LogP contribution in [0.25, 0.3) is 87.6 Å². The van der Waals surface area contributed by atoms with Gasteiger partial charge in [-0.05, 0) is 118 Å². The number of halogens is 1. The summed E-state index contributed by atoms with van der Waals surface area (Å²) < 4.78 is 1.14. The van der Waals surface area contributed by atoms with Gasteiger partial charge in [-0.2, -0.15) is 0 Å². The molecule has 0 amide bonds. The predicted molar refractivity (Wildman–Crippen MR) is 198 cm³/mol. The third-order valence-electron chi connectivity index (χ3n) is 10.0. The summed E-state index contributed by atoms with van der Waals surface area (Å²) in [7, 11) is 0. The zero-order valence-corrected chi connectivity index (χ0v) is 27.0. The van der Waals surface area contributed by atoms with Crippen molar-refractivity contribution in [3.63, 3.8) is 0 Å². The molecule has 0 aromatic heterocycles. The van der Waals surface area contributed by atoms with Crippen LogP contribution in [0.1, 0.15) is 25.0 Å². The number of hydrogen-bond donors (Lipinski definition) is 0. The molecule has 1 heteroatoms. The second-order valence-corrected chi connectivity index (χ2v) is 13.1. The molecule has 0 bridgehead atoms. The van der Waals surface area contributed by atoms with Gasteiger partial charge in [-0.1, -0.05) is 151 Å². The van der Waals surface area contributed by atoms with Gasteiger partial charge in [0, 0.05) is 4.47 Å². The van der Waals surface area contributed by atoms with E-state index in [4.69, 9.17) is 0 Å². The minimum Gasteiger partial charge on any atom is -0.0616 e. The van der Waals surface area contributed by atoms with Crippen LogP contribution in [0.5, 0.6) is 0 Å². The quantitative estimate of drug-likeness (QED) is 0.168. The molecule has 45 heavy (non-hydrogen) atoms. The first-order valence-corrected chi connectivity index (χ1v) is 16.8. The van der Waals surface area contributed by atoms with Crippen LogP contribution in [0.4, 0.5) is 0 Å². The SMILES string of the molecule is CCc1ccc(-c2c3c(c(-c4ccc(CC)cc4)c4c5ccccc5c5ccccc5c24)-c2ccc(Br)c4cccc-3c24)cc1. The van der Waals surface area contributed by atoms with Gasteiger partial charge in [0.15, 0.2) is 0 Å². The Balaban J connectivity index is 1.62. The van der Waals surface area contributed by atoms with E-state index in [2.05, 4.69) is 157 Å². The highest BCUT2D eigenvalue weighted by Gasteiger charge is 2.32. The number of aryl methyl sites for hydroxylation is 2. The number of benzene rings is 8. The molecule has 0 nitrogen and oxygen atoms in total. The standard InChI is InChI=1S/C44H31Br/c1-3-26-16-20-28(21-17-26)38-41-32-12-7-5-10-30(32)31-11-6-8-13-33(31)42(41)39(29-22-18-27(4-2)19-23-29)44-36-24-25-37(45)34-14-9-15-35(40(34)36)43(38)44/h5-25H,3-4H2,1-2H3. The van der Waals surface area contributed by atoms with Crippen LogP contribution in [0.15, 0.2) is 132 Å². The van der Waals surface area contributed by atoms with E-state index in [0.29, 0.717) is 0 Å². The Kier molecular flexibility index (Phi) is 6.02. The molecule has 0 saturated carbocycles. The molecule has 9 rings (SSSR count). The lowest BCUT2D eigenvalue weighted by molar-refractivity contribution is 1.14. The van der Waals surface area contributed by atoms with E-state index in [9.17, 15) is 0 Å². The minimum absolute atomic E-state index is 1.03. The molecule has 214 valence electrons. The monoisotopic (exact) mass is 638 g/mol. The molecule has 0 aliphatic heterocycles. The molecule has 0 heterocycles. The van der Waals surface area contributed by atoms with E-state index >= 15 is 0 Å². The van der Waals surface area contributed by atoms with Crippen molar-refractivity contribution in [3.05, 3.63) is 143 Å². The highest BCUT2D eigenvalue weighted by molar-refractivity contribution is 9.10. The van der Waals surface area contributed by atoms with Gasteiger partial charge in [-0.15, -0.1) is 0 Å². The Labute approximate surface area is 272 Å². The molecule has 1 aliphatic rings. The average Bonchev–Trinajstić information content (AvgIpc) is 3.44. The lowest BCUT2D eigenvalue weighted by Gasteiger charge is -2.24. The molecule has 0 saturated heterocycles. The Morgan fingerprint density at radius 3 is 1.31 bits per heavy atom. The molecule has 0 radical (unpaired) electrons. The molecule has 8 aromatic carbocycles. The van der Waals surface area contributed by atoms with E-state index in [0.717, 1.165) is 17.3 Å². The largest absolute Gasteiger partial charge is 0.0616 e. The van der Waals surface area contributed by atoms with Gasteiger partial charge < -0.3 is 0 Å². The molecule has 0 spiro atoms. The summed E-state index contributed by atoms with van der Waals surface area (Å²) in [4.78, 5) is 0. The molecule has 1 aliphatic carbocycles. The fourth-order valence-corrected chi connectivity index (χ4v) is 8.34. The second kappa shape index (κ2) is 10.2. The van der Waals surface area contributed by atoms with Gasteiger partial charge >= 0.3 is 0 Å². The van der Waals surface area contributed by atoms with Gasteiger partial charge in [0.05, 0.1) is 0 Å². The number of fused-ring (bicyclic) bond motifs is 9. The van der Waals surface area contributed by atoms with Crippen molar-refractivity contribution in [1.82, 2.24) is 0 Å². The maximum Gasteiger partial charge on any atom is 0.0254 e. The fraction of sp³-hybridized carbons (Fsp3) is 0.0909. The van der Waals surface area contributed by atoms with Crippen molar-refractivity contribution in [2.45, 2.75) is 26.7 Å². The first kappa shape index (κ1) is 26.7. The molecule has 8 aromatic rings.